The van der Waals surface area contributed by atoms with E-state index < -0.39 is 8.07 Å². The first-order valence-corrected chi connectivity index (χ1v) is 9.37. The van der Waals surface area contributed by atoms with Crippen LogP contribution in [-0.2, 0) is 6.04 Å². The molecule has 0 fully saturated rings. The third-order valence-electron chi connectivity index (χ3n) is 3.67. The quantitative estimate of drug-likeness (QED) is 0.713. The minimum absolute atomic E-state index is 1.10. The molecule has 0 aromatic heterocycles. The van der Waals surface area contributed by atoms with E-state index in [4.69, 9.17) is 0 Å². The highest BCUT2D eigenvalue weighted by atomic mass is 28.3. The van der Waals surface area contributed by atoms with Crippen molar-refractivity contribution in [1.29, 1.82) is 0 Å². The molecule has 0 aliphatic carbocycles. The SMILES string of the molecule is C=Cc1ccc(C[Si](C)(C=C)c2ccccc2)cc1. The Hall–Kier alpha value is -1.86. The van der Waals surface area contributed by atoms with Crippen molar-refractivity contribution in [2.24, 2.45) is 0 Å². The standard InChI is InChI=1S/C18H20Si/c1-4-16-11-13-17(14-12-16)15-19(3,5-2)18-9-7-6-8-10-18/h4-14H,1-2,15H2,3H3. The third-order valence-corrected chi connectivity index (χ3v) is 7.37. The number of benzene rings is 2. The molecule has 1 heteroatoms. The van der Waals surface area contributed by atoms with E-state index in [0.29, 0.717) is 0 Å². The van der Waals surface area contributed by atoms with Crippen LogP contribution in [0.3, 0.4) is 0 Å². The van der Waals surface area contributed by atoms with Gasteiger partial charge in [-0.3, -0.25) is 0 Å². The second kappa shape index (κ2) is 5.85. The summed E-state index contributed by atoms with van der Waals surface area (Å²) in [6, 6.07) is 20.5. The molecule has 0 spiro atoms. The molecule has 0 aliphatic rings. The number of hydrogen-bond acceptors (Lipinski definition) is 0. The highest BCUT2D eigenvalue weighted by Gasteiger charge is 2.25. The van der Waals surface area contributed by atoms with E-state index in [0.717, 1.165) is 6.04 Å². The van der Waals surface area contributed by atoms with E-state index in [9.17, 15) is 0 Å². The Morgan fingerprint density at radius 1 is 0.947 bits per heavy atom. The summed E-state index contributed by atoms with van der Waals surface area (Å²) in [7, 11) is -1.63. The zero-order valence-electron chi connectivity index (χ0n) is 11.5. The first-order valence-electron chi connectivity index (χ1n) is 6.58. The van der Waals surface area contributed by atoms with Crippen molar-refractivity contribution in [3.05, 3.63) is 84.6 Å². The Balaban J connectivity index is 2.27. The molecule has 0 aliphatic heterocycles. The van der Waals surface area contributed by atoms with Crippen molar-refractivity contribution in [3.63, 3.8) is 0 Å². The molecule has 0 radical (unpaired) electrons. The van der Waals surface area contributed by atoms with Crippen LogP contribution in [0.2, 0.25) is 6.55 Å². The molecule has 0 N–H and O–H groups in total. The first-order chi connectivity index (χ1) is 9.18. The summed E-state index contributed by atoms with van der Waals surface area (Å²) in [5.74, 6) is 0. The van der Waals surface area contributed by atoms with Crippen molar-refractivity contribution in [3.8, 4) is 0 Å². The highest BCUT2D eigenvalue weighted by Crippen LogP contribution is 2.15. The van der Waals surface area contributed by atoms with Gasteiger partial charge in [-0.1, -0.05) is 90.2 Å². The molecule has 2 rings (SSSR count). The highest BCUT2D eigenvalue weighted by molar-refractivity contribution is 6.94. The maximum absolute atomic E-state index is 4.08. The molecule has 0 saturated carbocycles. The molecule has 0 heterocycles. The molecule has 96 valence electrons. The van der Waals surface area contributed by atoms with Crippen LogP contribution in [0.15, 0.2) is 73.5 Å². The van der Waals surface area contributed by atoms with E-state index in [1.54, 1.807) is 0 Å². The van der Waals surface area contributed by atoms with Crippen LogP contribution in [0, 0.1) is 0 Å². The van der Waals surface area contributed by atoms with Crippen LogP contribution in [0.25, 0.3) is 6.08 Å². The fourth-order valence-electron chi connectivity index (χ4n) is 2.31. The maximum Gasteiger partial charge on any atom is 0.110 e. The van der Waals surface area contributed by atoms with Gasteiger partial charge in [-0.15, -0.1) is 6.58 Å². The molecule has 19 heavy (non-hydrogen) atoms. The lowest BCUT2D eigenvalue weighted by atomic mass is 10.1. The largest absolute Gasteiger partial charge is 0.110 e. The van der Waals surface area contributed by atoms with Gasteiger partial charge in [-0.2, -0.15) is 0 Å². The molecule has 2 aromatic rings. The fraction of sp³-hybridized carbons (Fsp3) is 0.111. The lowest BCUT2D eigenvalue weighted by molar-refractivity contribution is 1.33. The third kappa shape index (κ3) is 3.12. The summed E-state index contributed by atoms with van der Waals surface area (Å²) >= 11 is 0. The predicted octanol–water partition coefficient (Wildman–Crippen LogP) is 4.12. The molecule has 0 saturated heterocycles. The smallest absolute Gasteiger partial charge is 0.107 e. The van der Waals surface area contributed by atoms with Crippen LogP contribution in [0.4, 0.5) is 0 Å². The summed E-state index contributed by atoms with van der Waals surface area (Å²) < 4.78 is 0. The summed E-state index contributed by atoms with van der Waals surface area (Å²) in [6.45, 7) is 10.2. The molecule has 1 unspecified atom stereocenters. The van der Waals surface area contributed by atoms with Gasteiger partial charge in [0.2, 0.25) is 0 Å². The van der Waals surface area contributed by atoms with E-state index >= 15 is 0 Å². The minimum Gasteiger partial charge on any atom is -0.107 e. The Morgan fingerprint density at radius 2 is 1.58 bits per heavy atom. The Bertz CT molecular complexity index is 554. The normalized spacial score (nSPS) is 13.5. The van der Waals surface area contributed by atoms with Crippen LogP contribution < -0.4 is 5.19 Å². The Kier molecular flexibility index (Phi) is 4.18. The second-order valence-corrected chi connectivity index (χ2v) is 9.28. The molecular formula is C18H20Si. The van der Waals surface area contributed by atoms with E-state index in [-0.39, 0.29) is 0 Å². The zero-order valence-corrected chi connectivity index (χ0v) is 12.5. The van der Waals surface area contributed by atoms with Crippen LogP contribution in [0.5, 0.6) is 0 Å². The lowest BCUT2D eigenvalue weighted by Gasteiger charge is -2.24. The maximum atomic E-state index is 4.08. The fourth-order valence-corrected chi connectivity index (χ4v) is 4.93. The van der Waals surface area contributed by atoms with E-state index in [2.05, 4.69) is 80.0 Å². The second-order valence-electron chi connectivity index (χ2n) is 5.11. The van der Waals surface area contributed by atoms with Crippen molar-refractivity contribution >= 4 is 19.3 Å². The molecule has 0 nitrogen and oxygen atoms in total. The van der Waals surface area contributed by atoms with Gasteiger partial charge in [0.25, 0.3) is 0 Å². The van der Waals surface area contributed by atoms with Gasteiger partial charge >= 0.3 is 0 Å². The molecular weight excluding hydrogens is 244 g/mol. The number of rotatable bonds is 5. The van der Waals surface area contributed by atoms with E-state index in [1.165, 1.54) is 16.3 Å². The van der Waals surface area contributed by atoms with Crippen molar-refractivity contribution in [2.45, 2.75) is 12.6 Å². The van der Waals surface area contributed by atoms with Gasteiger partial charge in [0.1, 0.15) is 8.07 Å². The van der Waals surface area contributed by atoms with Gasteiger partial charge in [0.15, 0.2) is 0 Å². The average molecular weight is 264 g/mol. The topological polar surface area (TPSA) is 0 Å². The average Bonchev–Trinajstić information content (AvgIpc) is 2.49. The molecule has 1 atom stereocenters. The van der Waals surface area contributed by atoms with Gasteiger partial charge in [-0.25, -0.2) is 0 Å². The van der Waals surface area contributed by atoms with Crippen molar-refractivity contribution in [2.75, 3.05) is 0 Å². The summed E-state index contributed by atoms with van der Waals surface area (Å²) in [6.07, 6.45) is 1.88. The summed E-state index contributed by atoms with van der Waals surface area (Å²) in [5.41, 5.74) is 4.73. The van der Waals surface area contributed by atoms with Gasteiger partial charge in [0, 0.05) is 0 Å². The van der Waals surface area contributed by atoms with Gasteiger partial charge < -0.3 is 0 Å². The van der Waals surface area contributed by atoms with Crippen LogP contribution in [0.1, 0.15) is 11.1 Å². The zero-order chi connectivity index (χ0) is 13.7. The van der Waals surface area contributed by atoms with Crippen molar-refractivity contribution in [1.82, 2.24) is 0 Å². The molecule has 0 bridgehead atoms. The van der Waals surface area contributed by atoms with Gasteiger partial charge in [-0.05, 0) is 11.6 Å². The van der Waals surface area contributed by atoms with Crippen LogP contribution in [-0.4, -0.2) is 8.07 Å². The van der Waals surface area contributed by atoms with Crippen molar-refractivity contribution < 1.29 is 0 Å². The molecule has 2 aromatic carbocycles. The lowest BCUT2D eigenvalue weighted by Crippen LogP contribution is -2.45. The van der Waals surface area contributed by atoms with Crippen LogP contribution >= 0.6 is 0 Å². The van der Waals surface area contributed by atoms with Gasteiger partial charge in [0.05, 0.1) is 0 Å². The number of hydrogen-bond donors (Lipinski definition) is 0. The Morgan fingerprint density at radius 3 is 2.11 bits per heavy atom. The molecule has 0 amide bonds. The first kappa shape index (κ1) is 13.6. The monoisotopic (exact) mass is 264 g/mol. The predicted molar refractivity (Wildman–Crippen MR) is 88.1 cm³/mol. The summed E-state index contributed by atoms with van der Waals surface area (Å²) in [4.78, 5) is 0. The van der Waals surface area contributed by atoms with E-state index in [1.807, 2.05) is 6.08 Å². The minimum atomic E-state index is -1.63. The summed E-state index contributed by atoms with van der Waals surface area (Å²) in [5, 5.41) is 1.44. The Labute approximate surface area is 117 Å².